The minimum absolute atomic E-state index is 0. The lowest BCUT2D eigenvalue weighted by molar-refractivity contribution is -0.124. The number of rotatable bonds is 8. The molecule has 0 aliphatic rings. The van der Waals surface area contributed by atoms with Gasteiger partial charge in [-0.15, -0.1) is 0 Å². The molecule has 0 saturated carbocycles. The van der Waals surface area contributed by atoms with Gasteiger partial charge < -0.3 is 14.8 Å². The molecule has 2 aromatic carbocycles. The predicted molar refractivity (Wildman–Crippen MR) is 134 cm³/mol. The number of benzene rings is 2. The average Bonchev–Trinajstić information content (AvgIpc) is 3.28. The highest BCUT2D eigenvalue weighted by molar-refractivity contribution is 5.87. The molecule has 7 nitrogen and oxygen atoms in total. The van der Waals surface area contributed by atoms with E-state index in [1.54, 1.807) is 55.6 Å². The second kappa shape index (κ2) is 11.2. The number of nitrogens with one attached hydrogen (secondary N) is 1. The molecule has 0 aliphatic heterocycles. The molecule has 2 aromatic heterocycles. The van der Waals surface area contributed by atoms with Crippen molar-refractivity contribution in [2.45, 2.75) is 13.6 Å². The summed E-state index contributed by atoms with van der Waals surface area (Å²) in [4.78, 5) is 9.24. The van der Waals surface area contributed by atoms with Crippen molar-refractivity contribution in [3.05, 3.63) is 72.2 Å². The molecule has 0 radical (unpaired) electrons. The van der Waals surface area contributed by atoms with Gasteiger partial charge in [0.1, 0.15) is 11.5 Å². The largest absolute Gasteiger partial charge is 0.497 e. The van der Waals surface area contributed by atoms with Crippen LogP contribution in [0.15, 0.2) is 61.1 Å². The Balaban J connectivity index is 0.00000361. The van der Waals surface area contributed by atoms with Crippen LogP contribution in [0, 0.1) is 0 Å². The molecule has 4 aromatic rings. The number of nitrogens with zero attached hydrogens (tertiary/aromatic N) is 4. The average molecular weight is 500 g/mol. The zero-order valence-electron chi connectivity index (χ0n) is 19.4. The van der Waals surface area contributed by atoms with Crippen molar-refractivity contribution in [2.75, 3.05) is 27.3 Å². The highest BCUT2D eigenvalue weighted by Crippen LogP contribution is 2.32. The Labute approximate surface area is 207 Å². The molecular formula is C26H28F3N5O2. The van der Waals surface area contributed by atoms with Gasteiger partial charge in [-0.1, -0.05) is 19.6 Å². The van der Waals surface area contributed by atoms with Crippen LogP contribution in [0.3, 0.4) is 0 Å². The summed E-state index contributed by atoms with van der Waals surface area (Å²) in [7, 11) is 4.90. The van der Waals surface area contributed by atoms with Crippen LogP contribution in [0.4, 0.5) is 13.2 Å². The Bertz CT molecular complexity index is 1340. The van der Waals surface area contributed by atoms with Gasteiger partial charge in [-0.25, -0.2) is 4.98 Å². The number of aryl methyl sites for hydroxylation is 1. The van der Waals surface area contributed by atoms with E-state index in [0.29, 0.717) is 33.8 Å². The second-order valence-corrected chi connectivity index (χ2v) is 7.83. The van der Waals surface area contributed by atoms with E-state index >= 15 is 0 Å². The van der Waals surface area contributed by atoms with E-state index in [0.717, 1.165) is 16.7 Å². The summed E-state index contributed by atoms with van der Waals surface area (Å²) < 4.78 is 50.4. The monoisotopic (exact) mass is 499 g/mol. The van der Waals surface area contributed by atoms with E-state index in [9.17, 15) is 13.2 Å². The molecule has 0 amide bonds. The van der Waals surface area contributed by atoms with E-state index in [1.165, 1.54) is 0 Å². The van der Waals surface area contributed by atoms with Gasteiger partial charge in [0.2, 0.25) is 0 Å². The number of hydrogen-bond donors (Lipinski definition) is 1. The number of alkyl halides is 3. The van der Waals surface area contributed by atoms with Crippen molar-refractivity contribution in [2.24, 2.45) is 7.05 Å². The molecule has 0 saturated heterocycles. The number of methoxy groups -OCH3 is 2. The van der Waals surface area contributed by atoms with Gasteiger partial charge in [0, 0.05) is 31.4 Å². The summed E-state index contributed by atoms with van der Waals surface area (Å²) in [6.07, 6.45) is 2.65. The van der Waals surface area contributed by atoms with Crippen molar-refractivity contribution in [1.82, 2.24) is 25.1 Å². The van der Waals surface area contributed by atoms with Gasteiger partial charge >= 0.3 is 6.18 Å². The Kier molecular flexibility index (Phi) is 8.31. The van der Waals surface area contributed by atoms with Crippen LogP contribution in [0.1, 0.15) is 18.6 Å². The first-order valence-corrected chi connectivity index (χ1v) is 10.7. The van der Waals surface area contributed by atoms with Crippen molar-refractivity contribution in [3.63, 3.8) is 0 Å². The maximum absolute atomic E-state index is 12.6. The fourth-order valence-corrected chi connectivity index (χ4v) is 3.63. The van der Waals surface area contributed by atoms with E-state index < -0.39 is 12.7 Å². The van der Waals surface area contributed by atoms with E-state index in [2.05, 4.69) is 15.4 Å². The molecular weight excluding hydrogens is 471 g/mol. The third-order valence-electron chi connectivity index (χ3n) is 5.29. The normalized spacial score (nSPS) is 11.9. The lowest BCUT2D eigenvalue weighted by Crippen LogP contribution is -2.28. The molecule has 4 rings (SSSR count). The van der Waals surface area contributed by atoms with Crippen molar-refractivity contribution in [1.29, 1.82) is 0 Å². The van der Waals surface area contributed by atoms with Crippen molar-refractivity contribution in [3.8, 4) is 22.8 Å². The van der Waals surface area contributed by atoms with Crippen LogP contribution < -0.4 is 14.8 Å². The maximum Gasteiger partial charge on any atom is 0.401 e. The molecule has 0 fully saturated rings. The molecule has 190 valence electrons. The zero-order valence-corrected chi connectivity index (χ0v) is 19.4. The number of aromatic nitrogens is 4. The lowest BCUT2D eigenvalue weighted by atomic mass is 9.96. The van der Waals surface area contributed by atoms with Gasteiger partial charge in [-0.3, -0.25) is 9.67 Å². The summed E-state index contributed by atoms with van der Waals surface area (Å²) in [6.45, 7) is -1.08. The Morgan fingerprint density at radius 1 is 1.00 bits per heavy atom. The molecule has 10 heteroatoms. The molecule has 0 bridgehead atoms. The first-order chi connectivity index (χ1) is 16.8. The third-order valence-corrected chi connectivity index (χ3v) is 5.29. The standard InChI is InChI=1S/C25H24F3N5O2.CH4/c1-33-14-18(12-31-33)24-13-30-22-5-4-16(10-23(22)32-24)21(6-7-29-15-25(26,27)28)17-8-19(34-2)11-20(9-17)35-3;/h4-6,8-14,29H,7,15H2,1-3H3;1H4/b21-6-;. The SMILES string of the molecule is C.COc1cc(OC)cc(/C(=C\CNCC(F)(F)F)c2ccc3ncc(-c4cnn(C)c4)nc3c2)c1. The van der Waals surface area contributed by atoms with Crippen LogP contribution in [-0.4, -0.2) is 53.2 Å². The molecule has 2 heterocycles. The minimum atomic E-state index is -4.30. The molecule has 0 unspecified atom stereocenters. The first-order valence-electron chi connectivity index (χ1n) is 10.7. The smallest absolute Gasteiger partial charge is 0.401 e. The minimum Gasteiger partial charge on any atom is -0.497 e. The number of hydrogen-bond acceptors (Lipinski definition) is 6. The van der Waals surface area contributed by atoms with E-state index in [4.69, 9.17) is 14.5 Å². The number of ether oxygens (including phenoxy) is 2. The van der Waals surface area contributed by atoms with Gasteiger partial charge in [0.25, 0.3) is 0 Å². The van der Waals surface area contributed by atoms with Crippen LogP contribution in [0.25, 0.3) is 27.9 Å². The molecule has 0 spiro atoms. The summed E-state index contributed by atoms with van der Waals surface area (Å²) >= 11 is 0. The Morgan fingerprint density at radius 2 is 1.72 bits per heavy atom. The van der Waals surface area contributed by atoms with Crippen molar-refractivity contribution < 1.29 is 22.6 Å². The lowest BCUT2D eigenvalue weighted by Gasteiger charge is -2.14. The maximum atomic E-state index is 12.6. The van der Waals surface area contributed by atoms with Crippen molar-refractivity contribution >= 4 is 16.6 Å². The highest BCUT2D eigenvalue weighted by Gasteiger charge is 2.25. The molecule has 36 heavy (non-hydrogen) atoms. The third kappa shape index (κ3) is 6.39. The van der Waals surface area contributed by atoms with Crippen LogP contribution in [0.5, 0.6) is 11.5 Å². The topological polar surface area (TPSA) is 74.1 Å². The van der Waals surface area contributed by atoms with E-state index in [-0.39, 0.29) is 14.0 Å². The zero-order chi connectivity index (χ0) is 25.0. The van der Waals surface area contributed by atoms with Crippen LogP contribution >= 0.6 is 0 Å². The summed E-state index contributed by atoms with van der Waals surface area (Å²) in [5, 5.41) is 6.60. The van der Waals surface area contributed by atoms with Crippen LogP contribution in [0.2, 0.25) is 0 Å². The van der Waals surface area contributed by atoms with Crippen LogP contribution in [-0.2, 0) is 7.05 Å². The van der Waals surface area contributed by atoms with Gasteiger partial charge in [-0.2, -0.15) is 18.3 Å². The second-order valence-electron chi connectivity index (χ2n) is 7.83. The van der Waals surface area contributed by atoms with Gasteiger partial charge in [-0.05, 0) is 41.0 Å². The quantitative estimate of drug-likeness (QED) is 0.333. The Morgan fingerprint density at radius 3 is 2.33 bits per heavy atom. The fourth-order valence-electron chi connectivity index (χ4n) is 3.63. The van der Waals surface area contributed by atoms with E-state index in [1.807, 2.05) is 31.4 Å². The summed E-state index contributed by atoms with van der Waals surface area (Å²) in [5.74, 6) is 1.13. The number of halogens is 3. The molecule has 0 atom stereocenters. The Hall–Kier alpha value is -3.92. The molecule has 1 N–H and O–H groups in total. The summed E-state index contributed by atoms with van der Waals surface area (Å²) in [5.41, 5.74) is 5.03. The fraction of sp³-hybridized carbons (Fsp3) is 0.269. The highest BCUT2D eigenvalue weighted by atomic mass is 19.4. The van der Waals surface area contributed by atoms with Gasteiger partial charge in [0.15, 0.2) is 0 Å². The first kappa shape index (κ1) is 26.7. The number of fused-ring (bicyclic) bond motifs is 1. The predicted octanol–water partition coefficient (Wildman–Crippen LogP) is 5.27. The molecule has 0 aliphatic carbocycles. The van der Waals surface area contributed by atoms with Gasteiger partial charge in [0.05, 0.1) is 49.9 Å². The summed E-state index contributed by atoms with van der Waals surface area (Å²) in [6, 6.07) is 10.9.